The number of sulfonamides is 1. The fourth-order valence-corrected chi connectivity index (χ4v) is 4.23. The molecule has 0 unspecified atom stereocenters. The Balaban J connectivity index is 1.86. The number of carboxylic acid groups (broad SMARTS) is 1. The van der Waals surface area contributed by atoms with Crippen molar-refractivity contribution < 1.29 is 23.1 Å². The van der Waals surface area contributed by atoms with Gasteiger partial charge in [0.25, 0.3) is 10.0 Å². The van der Waals surface area contributed by atoms with Crippen molar-refractivity contribution in [3.05, 3.63) is 53.6 Å². The number of nitrogens with one attached hydrogen (secondary N) is 1. The molecular formula is C20H23N3O5S. The maximum absolute atomic E-state index is 12.6. The molecule has 1 aliphatic heterocycles. The molecular weight excluding hydrogens is 394 g/mol. The topological polar surface area (TPSA) is 107 Å². The lowest BCUT2D eigenvalue weighted by Crippen LogP contribution is -2.45. The van der Waals surface area contributed by atoms with Gasteiger partial charge in [0.2, 0.25) is 0 Å². The molecule has 0 amide bonds. The number of likely N-dealkylation sites (N-methyl/N-ethyl adjacent to an activating group) is 1. The zero-order valence-corrected chi connectivity index (χ0v) is 17.1. The van der Waals surface area contributed by atoms with Gasteiger partial charge in [-0.3, -0.25) is 9.52 Å². The minimum atomic E-state index is -3.92. The maximum Gasteiger partial charge on any atom is 0.337 e. The van der Waals surface area contributed by atoms with Crippen molar-refractivity contribution >= 4 is 33.2 Å². The zero-order chi connectivity index (χ0) is 21.2. The zero-order valence-electron chi connectivity index (χ0n) is 16.3. The van der Waals surface area contributed by atoms with E-state index in [1.54, 1.807) is 12.1 Å². The molecule has 3 rings (SSSR count). The second-order valence-electron chi connectivity index (χ2n) is 7.01. The highest BCUT2D eigenvalue weighted by molar-refractivity contribution is 7.92. The highest BCUT2D eigenvalue weighted by Gasteiger charge is 2.22. The van der Waals surface area contributed by atoms with E-state index in [9.17, 15) is 23.1 Å². The molecule has 154 valence electrons. The van der Waals surface area contributed by atoms with Gasteiger partial charge in [-0.05, 0) is 44.3 Å². The first-order valence-electron chi connectivity index (χ1n) is 9.12. The first kappa shape index (κ1) is 20.8. The number of carboxylic acids is 1. The number of benzene rings is 2. The van der Waals surface area contributed by atoms with E-state index >= 15 is 0 Å². The lowest BCUT2D eigenvalue weighted by molar-refractivity contribution is 0.0697. The van der Waals surface area contributed by atoms with Crippen LogP contribution in [-0.4, -0.2) is 63.4 Å². The smallest absolute Gasteiger partial charge is 0.337 e. The number of carbonyl (C=O) groups is 2. The van der Waals surface area contributed by atoms with Crippen molar-refractivity contribution in [2.24, 2.45) is 0 Å². The summed E-state index contributed by atoms with van der Waals surface area (Å²) in [5, 5.41) is 9.62. The number of anilines is 2. The predicted octanol–water partition coefficient (Wildman–Crippen LogP) is 2.14. The SMILES string of the molecule is CC(=O)c1ccc(S(=O)(=O)Nc2ccc(N3CCN(C)CC3)c(C(=O)O)c2)cc1. The Morgan fingerprint density at radius 3 is 2.17 bits per heavy atom. The van der Waals surface area contributed by atoms with E-state index in [1.165, 1.54) is 37.3 Å². The fourth-order valence-electron chi connectivity index (χ4n) is 3.18. The number of carbonyl (C=O) groups excluding carboxylic acids is 1. The third-order valence-electron chi connectivity index (χ3n) is 4.89. The summed E-state index contributed by atoms with van der Waals surface area (Å²) in [4.78, 5) is 27.3. The number of hydrogen-bond acceptors (Lipinski definition) is 6. The Hall–Kier alpha value is -2.91. The fraction of sp³-hybridized carbons (Fsp3) is 0.300. The third kappa shape index (κ3) is 4.75. The number of ketones is 1. The number of nitrogens with zero attached hydrogens (tertiary/aromatic N) is 2. The molecule has 0 bridgehead atoms. The standard InChI is InChI=1S/C20H23N3O5S/c1-14(24)15-3-6-17(7-4-15)29(27,28)21-16-5-8-19(18(13-16)20(25)26)23-11-9-22(2)10-12-23/h3-8,13,21H,9-12H2,1-2H3,(H,25,26). The summed E-state index contributed by atoms with van der Waals surface area (Å²) in [6.45, 7) is 4.44. The van der Waals surface area contributed by atoms with Crippen LogP contribution in [0.1, 0.15) is 27.6 Å². The van der Waals surface area contributed by atoms with Crippen molar-refractivity contribution in [3.63, 3.8) is 0 Å². The van der Waals surface area contributed by atoms with E-state index in [-0.39, 0.29) is 21.9 Å². The quantitative estimate of drug-likeness (QED) is 0.694. The molecule has 0 aromatic heterocycles. The second kappa shape index (κ2) is 8.22. The summed E-state index contributed by atoms with van der Waals surface area (Å²) in [6, 6.07) is 10.1. The van der Waals surface area contributed by atoms with Crippen LogP contribution in [0.3, 0.4) is 0 Å². The van der Waals surface area contributed by atoms with Crippen LogP contribution in [0, 0.1) is 0 Å². The van der Waals surface area contributed by atoms with Crippen molar-refractivity contribution in [3.8, 4) is 0 Å². The van der Waals surface area contributed by atoms with Gasteiger partial charge >= 0.3 is 5.97 Å². The van der Waals surface area contributed by atoms with E-state index in [1.807, 2.05) is 11.9 Å². The van der Waals surface area contributed by atoms with E-state index in [4.69, 9.17) is 0 Å². The second-order valence-corrected chi connectivity index (χ2v) is 8.70. The average Bonchev–Trinajstić information content (AvgIpc) is 2.68. The van der Waals surface area contributed by atoms with E-state index < -0.39 is 16.0 Å². The lowest BCUT2D eigenvalue weighted by atomic mass is 10.1. The lowest BCUT2D eigenvalue weighted by Gasteiger charge is -2.34. The van der Waals surface area contributed by atoms with E-state index in [0.29, 0.717) is 24.3 Å². The van der Waals surface area contributed by atoms with Crippen LogP contribution in [0.15, 0.2) is 47.4 Å². The van der Waals surface area contributed by atoms with Crippen molar-refractivity contribution in [1.29, 1.82) is 0 Å². The van der Waals surface area contributed by atoms with Gasteiger partial charge in [-0.15, -0.1) is 0 Å². The van der Waals surface area contributed by atoms with Gasteiger partial charge in [0, 0.05) is 37.4 Å². The van der Waals surface area contributed by atoms with E-state index in [2.05, 4.69) is 9.62 Å². The minimum Gasteiger partial charge on any atom is -0.478 e. The first-order valence-corrected chi connectivity index (χ1v) is 10.6. The first-order chi connectivity index (χ1) is 13.7. The van der Waals surface area contributed by atoms with Gasteiger partial charge in [0.15, 0.2) is 5.78 Å². The van der Waals surface area contributed by atoms with Crippen molar-refractivity contribution in [1.82, 2.24) is 4.90 Å². The number of piperazine rings is 1. The van der Waals surface area contributed by atoms with Crippen LogP contribution in [0.2, 0.25) is 0 Å². The van der Waals surface area contributed by atoms with Crippen LogP contribution in [0.4, 0.5) is 11.4 Å². The number of hydrogen-bond donors (Lipinski definition) is 2. The summed E-state index contributed by atoms with van der Waals surface area (Å²) < 4.78 is 27.7. The van der Waals surface area contributed by atoms with Crippen LogP contribution < -0.4 is 9.62 Å². The molecule has 0 saturated carbocycles. The summed E-state index contributed by atoms with van der Waals surface area (Å²) >= 11 is 0. The summed E-state index contributed by atoms with van der Waals surface area (Å²) in [5.41, 5.74) is 1.19. The maximum atomic E-state index is 12.6. The molecule has 0 radical (unpaired) electrons. The van der Waals surface area contributed by atoms with Crippen LogP contribution in [0.25, 0.3) is 0 Å². The van der Waals surface area contributed by atoms with Crippen LogP contribution in [-0.2, 0) is 10.0 Å². The third-order valence-corrected chi connectivity index (χ3v) is 6.29. The highest BCUT2D eigenvalue weighted by Crippen LogP contribution is 2.27. The average molecular weight is 417 g/mol. The molecule has 2 aromatic rings. The molecule has 9 heteroatoms. The number of Topliss-reactive ketones (excluding diaryl/α,β-unsaturated/α-hetero) is 1. The number of aromatic carboxylic acids is 1. The number of rotatable bonds is 6. The van der Waals surface area contributed by atoms with Crippen molar-refractivity contribution in [2.75, 3.05) is 42.8 Å². The largest absolute Gasteiger partial charge is 0.478 e. The minimum absolute atomic E-state index is 0.0116. The van der Waals surface area contributed by atoms with Gasteiger partial charge in [0.05, 0.1) is 16.1 Å². The van der Waals surface area contributed by atoms with Gasteiger partial charge < -0.3 is 14.9 Å². The molecule has 2 N–H and O–H groups in total. The summed E-state index contributed by atoms with van der Waals surface area (Å²) in [6.07, 6.45) is 0. The Labute approximate surface area is 169 Å². The van der Waals surface area contributed by atoms with E-state index in [0.717, 1.165) is 13.1 Å². The summed E-state index contributed by atoms with van der Waals surface area (Å²) in [5.74, 6) is -1.28. The Bertz CT molecular complexity index is 1030. The highest BCUT2D eigenvalue weighted by atomic mass is 32.2. The predicted molar refractivity (Wildman–Crippen MR) is 110 cm³/mol. The van der Waals surface area contributed by atoms with Crippen molar-refractivity contribution in [2.45, 2.75) is 11.8 Å². The Morgan fingerprint density at radius 1 is 1.00 bits per heavy atom. The summed E-state index contributed by atoms with van der Waals surface area (Å²) in [7, 11) is -1.91. The molecule has 1 aliphatic rings. The molecule has 8 nitrogen and oxygen atoms in total. The Kier molecular flexibility index (Phi) is 5.90. The van der Waals surface area contributed by atoms with Crippen LogP contribution >= 0.6 is 0 Å². The normalized spacial score (nSPS) is 15.2. The Morgan fingerprint density at radius 2 is 1.62 bits per heavy atom. The molecule has 0 atom stereocenters. The molecule has 1 fully saturated rings. The van der Waals surface area contributed by atoms with Gasteiger partial charge in [-0.25, -0.2) is 13.2 Å². The molecule has 0 aliphatic carbocycles. The molecule has 1 saturated heterocycles. The molecule has 29 heavy (non-hydrogen) atoms. The molecule has 1 heterocycles. The van der Waals surface area contributed by atoms with Crippen LogP contribution in [0.5, 0.6) is 0 Å². The molecule has 0 spiro atoms. The van der Waals surface area contributed by atoms with Gasteiger partial charge in [-0.1, -0.05) is 12.1 Å². The van der Waals surface area contributed by atoms with Gasteiger partial charge in [0.1, 0.15) is 0 Å². The van der Waals surface area contributed by atoms with Gasteiger partial charge in [-0.2, -0.15) is 0 Å². The molecule has 2 aromatic carbocycles. The monoisotopic (exact) mass is 417 g/mol.